The van der Waals surface area contributed by atoms with Gasteiger partial charge in [-0.05, 0) is 37.6 Å². The molecule has 0 radical (unpaired) electrons. The van der Waals surface area contributed by atoms with Crippen molar-refractivity contribution in [2.45, 2.75) is 31.8 Å². The zero-order chi connectivity index (χ0) is 24.2. The average Bonchev–Trinajstić information content (AvgIpc) is 3.54. The van der Waals surface area contributed by atoms with Crippen LogP contribution in [0.4, 0.5) is 11.4 Å². The van der Waals surface area contributed by atoms with Crippen LogP contribution in [0.5, 0.6) is 0 Å². The number of carbonyl (C=O) groups excluding carboxylic acids is 3. The van der Waals surface area contributed by atoms with Crippen molar-refractivity contribution in [3.8, 4) is 11.3 Å². The first-order valence-electron chi connectivity index (χ1n) is 11.5. The van der Waals surface area contributed by atoms with Crippen LogP contribution in [0.3, 0.4) is 0 Å². The number of amides is 3. The molecule has 4 aromatic rings. The van der Waals surface area contributed by atoms with Gasteiger partial charge in [0.05, 0.1) is 16.9 Å². The second-order valence-corrected chi connectivity index (χ2v) is 9.89. The van der Waals surface area contributed by atoms with E-state index >= 15 is 0 Å². The first kappa shape index (κ1) is 21.5. The Labute approximate surface area is 205 Å². The van der Waals surface area contributed by atoms with Gasteiger partial charge in [-0.3, -0.25) is 23.7 Å². The third-order valence-electron chi connectivity index (χ3n) is 6.87. The lowest BCUT2D eigenvalue weighted by Crippen LogP contribution is -2.62. The maximum atomic E-state index is 13.3. The van der Waals surface area contributed by atoms with Crippen LogP contribution in [0.15, 0.2) is 66.3 Å². The summed E-state index contributed by atoms with van der Waals surface area (Å²) in [6.07, 6.45) is 5.00. The molecule has 4 heterocycles. The Morgan fingerprint density at radius 3 is 2.74 bits per heavy atom. The molecule has 35 heavy (non-hydrogen) atoms. The highest BCUT2D eigenvalue weighted by molar-refractivity contribution is 7.15. The number of nitrogens with one attached hydrogen (secondary N) is 1. The Morgan fingerprint density at radius 1 is 1.14 bits per heavy atom. The molecule has 2 aliphatic heterocycles. The lowest BCUT2D eigenvalue weighted by atomic mass is 9.98. The molecule has 1 atom stereocenters. The summed E-state index contributed by atoms with van der Waals surface area (Å²) in [4.78, 5) is 47.7. The molecule has 1 fully saturated rings. The highest BCUT2D eigenvalue weighted by atomic mass is 32.1. The average molecular weight is 486 g/mol. The van der Waals surface area contributed by atoms with Gasteiger partial charge in [-0.1, -0.05) is 24.3 Å². The van der Waals surface area contributed by atoms with Gasteiger partial charge in [0.1, 0.15) is 5.66 Å². The van der Waals surface area contributed by atoms with Crippen molar-refractivity contribution in [2.24, 2.45) is 0 Å². The van der Waals surface area contributed by atoms with Crippen molar-refractivity contribution in [2.75, 3.05) is 16.8 Å². The quantitative estimate of drug-likeness (QED) is 0.454. The minimum absolute atomic E-state index is 0.000418. The number of nitrogens with zero attached hydrogens (tertiary/aromatic N) is 4. The molecule has 6 rings (SSSR count). The van der Waals surface area contributed by atoms with E-state index in [2.05, 4.69) is 10.3 Å². The van der Waals surface area contributed by atoms with E-state index in [1.165, 1.54) is 0 Å². The third-order valence-corrected chi connectivity index (χ3v) is 7.64. The van der Waals surface area contributed by atoms with Gasteiger partial charge in [-0.15, -0.1) is 11.3 Å². The molecule has 1 unspecified atom stereocenters. The highest BCUT2D eigenvalue weighted by Gasteiger charge is 2.52. The fourth-order valence-corrected chi connectivity index (χ4v) is 5.77. The van der Waals surface area contributed by atoms with Gasteiger partial charge in [-0.2, -0.15) is 0 Å². The molecule has 0 aliphatic carbocycles. The van der Waals surface area contributed by atoms with Crippen LogP contribution in [-0.2, 0) is 9.59 Å². The molecular formula is C26H23N5O3S. The highest BCUT2D eigenvalue weighted by Crippen LogP contribution is 2.44. The van der Waals surface area contributed by atoms with Crippen LogP contribution in [-0.4, -0.2) is 44.2 Å². The summed E-state index contributed by atoms with van der Waals surface area (Å²) in [7, 11) is 0. The largest absolute Gasteiger partial charge is 0.326 e. The van der Waals surface area contributed by atoms with Crippen LogP contribution < -0.4 is 10.2 Å². The number of anilines is 2. The van der Waals surface area contributed by atoms with Crippen molar-refractivity contribution in [1.82, 2.24) is 14.3 Å². The summed E-state index contributed by atoms with van der Waals surface area (Å²) in [6.45, 7) is 2.13. The normalized spacial score (nSPS) is 19.2. The molecule has 2 aromatic carbocycles. The lowest BCUT2D eigenvalue weighted by molar-refractivity contribution is -0.117. The Kier molecular flexibility index (Phi) is 4.96. The maximum absolute atomic E-state index is 13.3. The van der Waals surface area contributed by atoms with Crippen molar-refractivity contribution in [3.05, 3.63) is 71.9 Å². The Morgan fingerprint density at radius 2 is 1.94 bits per heavy atom. The number of aromatic nitrogens is 2. The number of hydrogen-bond acceptors (Lipinski definition) is 5. The van der Waals surface area contributed by atoms with Gasteiger partial charge in [0.25, 0.3) is 5.91 Å². The molecule has 176 valence electrons. The van der Waals surface area contributed by atoms with E-state index in [9.17, 15) is 14.4 Å². The van der Waals surface area contributed by atoms with E-state index < -0.39 is 5.66 Å². The van der Waals surface area contributed by atoms with Crippen LogP contribution in [0, 0.1) is 0 Å². The molecule has 1 N–H and O–H groups in total. The Bertz CT molecular complexity index is 1450. The van der Waals surface area contributed by atoms with Gasteiger partial charge >= 0.3 is 0 Å². The number of hydrogen-bond donors (Lipinski definition) is 1. The van der Waals surface area contributed by atoms with Gasteiger partial charge in [0.2, 0.25) is 11.8 Å². The van der Waals surface area contributed by atoms with Crippen molar-refractivity contribution >= 4 is 45.4 Å². The number of para-hydroxylation sites is 1. The molecule has 1 saturated heterocycles. The van der Waals surface area contributed by atoms with E-state index in [0.29, 0.717) is 29.8 Å². The number of thiazole rings is 1. The molecule has 8 nitrogen and oxygen atoms in total. The summed E-state index contributed by atoms with van der Waals surface area (Å²) < 4.78 is 1.98. The predicted octanol–water partition coefficient (Wildman–Crippen LogP) is 4.39. The fraction of sp³-hybridized carbons (Fsp3) is 0.231. The molecule has 2 aliphatic rings. The zero-order valence-corrected chi connectivity index (χ0v) is 19.9. The zero-order valence-electron chi connectivity index (χ0n) is 19.1. The summed E-state index contributed by atoms with van der Waals surface area (Å²) in [5.74, 6) is -0.336. The molecule has 0 bridgehead atoms. The van der Waals surface area contributed by atoms with E-state index in [1.807, 2.05) is 65.5 Å². The van der Waals surface area contributed by atoms with Crippen molar-refractivity contribution in [1.29, 1.82) is 0 Å². The number of rotatable bonds is 5. The van der Waals surface area contributed by atoms with Crippen LogP contribution in [0.1, 0.15) is 36.5 Å². The minimum atomic E-state index is -0.761. The summed E-state index contributed by atoms with van der Waals surface area (Å²) in [6, 6.07) is 14.7. The Hall–Kier alpha value is -3.98. The van der Waals surface area contributed by atoms with Gasteiger partial charge < -0.3 is 10.2 Å². The second kappa shape index (κ2) is 8.06. The minimum Gasteiger partial charge on any atom is -0.326 e. The smallest absolute Gasteiger partial charge is 0.257 e. The molecular weight excluding hydrogens is 462 g/mol. The molecule has 9 heteroatoms. The molecule has 0 spiro atoms. The molecule has 2 aromatic heterocycles. The topological polar surface area (TPSA) is 87.0 Å². The maximum Gasteiger partial charge on any atom is 0.257 e. The predicted molar refractivity (Wildman–Crippen MR) is 134 cm³/mol. The van der Waals surface area contributed by atoms with Crippen molar-refractivity contribution < 1.29 is 14.4 Å². The number of imidazole rings is 1. The number of benzene rings is 2. The SMILES string of the molecule is CC12CCC(=O)N1c1ccccc1C(=O)N2CCC(=O)Nc1ccc(-c2cn3ccsc3n2)cc1. The van der Waals surface area contributed by atoms with Crippen LogP contribution in [0.2, 0.25) is 0 Å². The van der Waals surface area contributed by atoms with E-state index in [-0.39, 0.29) is 30.7 Å². The molecule has 3 amide bonds. The van der Waals surface area contributed by atoms with Crippen LogP contribution in [0.25, 0.3) is 16.2 Å². The summed E-state index contributed by atoms with van der Waals surface area (Å²) >= 11 is 1.58. The third kappa shape index (κ3) is 3.50. The lowest BCUT2D eigenvalue weighted by Gasteiger charge is -2.48. The monoisotopic (exact) mass is 485 g/mol. The van der Waals surface area contributed by atoms with Gasteiger partial charge in [-0.25, -0.2) is 4.98 Å². The van der Waals surface area contributed by atoms with E-state index in [1.54, 1.807) is 33.3 Å². The molecule has 0 saturated carbocycles. The second-order valence-electron chi connectivity index (χ2n) is 9.01. The van der Waals surface area contributed by atoms with E-state index in [4.69, 9.17) is 0 Å². The first-order chi connectivity index (χ1) is 16.9. The number of fused-ring (bicyclic) bond motifs is 4. The first-order valence-corrected chi connectivity index (χ1v) is 12.4. The standard InChI is InChI=1S/C26H23N5O3S/c1-26-12-10-23(33)31(26)21-5-3-2-4-19(21)24(34)30(26)13-11-22(32)27-18-8-6-17(7-9-18)20-16-29-14-15-35-25(29)28-20/h2-9,14-16H,10-13H2,1H3,(H,27,32). The van der Waals surface area contributed by atoms with Gasteiger partial charge in [0, 0.05) is 48.4 Å². The summed E-state index contributed by atoms with van der Waals surface area (Å²) in [5.41, 5.74) is 2.91. The number of carbonyl (C=O) groups is 3. The van der Waals surface area contributed by atoms with E-state index in [0.717, 1.165) is 16.2 Å². The summed E-state index contributed by atoms with van der Waals surface area (Å²) in [5, 5.41) is 4.91. The van der Waals surface area contributed by atoms with Crippen LogP contribution >= 0.6 is 11.3 Å². The fourth-order valence-electron chi connectivity index (χ4n) is 5.07. The van der Waals surface area contributed by atoms with Gasteiger partial charge in [0.15, 0.2) is 4.96 Å². The Balaban J connectivity index is 1.15. The van der Waals surface area contributed by atoms with Crippen molar-refractivity contribution in [3.63, 3.8) is 0 Å².